The molecule has 2 saturated heterocycles. The topological polar surface area (TPSA) is 66.8 Å². The maximum Gasteiger partial charge on any atom is 0.227 e. The summed E-state index contributed by atoms with van der Waals surface area (Å²) in [5.74, 6) is 1.78. The molecular weight excluding hydrogens is 368 g/mol. The highest BCUT2D eigenvalue weighted by atomic mass is 16.5. The summed E-state index contributed by atoms with van der Waals surface area (Å²) in [7, 11) is 2.15. The van der Waals surface area contributed by atoms with Crippen molar-refractivity contribution in [3.8, 4) is 0 Å². The monoisotopic (exact) mass is 396 g/mol. The zero-order valence-electron chi connectivity index (χ0n) is 17.0. The van der Waals surface area contributed by atoms with Gasteiger partial charge in [-0.15, -0.1) is 0 Å². The molecule has 3 aliphatic rings. The number of anilines is 3. The Balaban J connectivity index is 1.45. The molecule has 2 fully saturated rings. The molecule has 0 amide bonds. The minimum Gasteiger partial charge on any atom is -0.378 e. The second kappa shape index (κ2) is 8.22. The Hall–Kier alpha value is -2.29. The van der Waals surface area contributed by atoms with E-state index in [-0.39, 0.29) is 6.10 Å². The molecule has 1 unspecified atom stereocenters. The number of rotatable bonds is 5. The van der Waals surface area contributed by atoms with Gasteiger partial charge in [0.05, 0.1) is 43.5 Å². The summed E-state index contributed by atoms with van der Waals surface area (Å²) in [4.78, 5) is 21.0. The van der Waals surface area contributed by atoms with Crippen LogP contribution in [0.4, 0.5) is 17.5 Å². The number of fused-ring (bicyclic) bond motifs is 1. The van der Waals surface area contributed by atoms with Crippen LogP contribution >= 0.6 is 0 Å². The number of nitrogens with zero attached hydrogens (tertiary/aromatic N) is 6. The lowest BCUT2D eigenvalue weighted by Crippen LogP contribution is -2.37. The summed E-state index contributed by atoms with van der Waals surface area (Å²) in [5, 5.41) is 0. The third kappa shape index (κ3) is 3.92. The van der Waals surface area contributed by atoms with E-state index in [1.165, 1.54) is 5.56 Å². The first-order valence-corrected chi connectivity index (χ1v) is 10.5. The summed E-state index contributed by atoms with van der Waals surface area (Å²) in [6.45, 7) is 6.59. The van der Waals surface area contributed by atoms with Gasteiger partial charge in [0.25, 0.3) is 0 Å². The predicted molar refractivity (Wildman–Crippen MR) is 111 cm³/mol. The molecule has 2 aromatic heterocycles. The van der Waals surface area contributed by atoms with Gasteiger partial charge in [0.15, 0.2) is 0 Å². The molecule has 29 heavy (non-hydrogen) atoms. The van der Waals surface area contributed by atoms with Crippen LogP contribution in [0.2, 0.25) is 0 Å². The molecule has 0 saturated carbocycles. The van der Waals surface area contributed by atoms with Crippen molar-refractivity contribution in [2.75, 3.05) is 62.8 Å². The van der Waals surface area contributed by atoms with Crippen molar-refractivity contribution in [1.82, 2.24) is 19.9 Å². The van der Waals surface area contributed by atoms with Gasteiger partial charge in [-0.2, -0.15) is 4.98 Å². The van der Waals surface area contributed by atoms with Crippen molar-refractivity contribution in [2.45, 2.75) is 25.6 Å². The summed E-state index contributed by atoms with van der Waals surface area (Å²) >= 11 is 0. The largest absolute Gasteiger partial charge is 0.378 e. The van der Waals surface area contributed by atoms with Crippen LogP contribution in [-0.2, 0) is 22.5 Å². The van der Waals surface area contributed by atoms with Crippen LogP contribution in [0.25, 0.3) is 0 Å². The number of hydrogen-bond donors (Lipinski definition) is 0. The van der Waals surface area contributed by atoms with Crippen LogP contribution in [-0.4, -0.2) is 78.9 Å². The molecule has 1 atom stereocenters. The second-order valence-corrected chi connectivity index (χ2v) is 7.97. The summed E-state index contributed by atoms with van der Waals surface area (Å²) in [6, 6.07) is 4.06. The molecule has 154 valence electrons. The van der Waals surface area contributed by atoms with E-state index in [4.69, 9.17) is 19.4 Å². The Morgan fingerprint density at radius 2 is 2.07 bits per heavy atom. The number of likely N-dealkylation sites (N-methyl/N-ethyl adjacent to an activating group) is 1. The smallest absolute Gasteiger partial charge is 0.227 e. The van der Waals surface area contributed by atoms with E-state index in [1.54, 1.807) is 6.20 Å². The van der Waals surface area contributed by atoms with Gasteiger partial charge >= 0.3 is 0 Å². The second-order valence-electron chi connectivity index (χ2n) is 7.97. The maximum atomic E-state index is 6.26. The lowest BCUT2D eigenvalue weighted by atomic mass is 10.2. The zero-order chi connectivity index (χ0) is 19.6. The van der Waals surface area contributed by atoms with E-state index in [0.29, 0.717) is 19.8 Å². The molecule has 0 radical (unpaired) electrons. The lowest BCUT2D eigenvalue weighted by Gasteiger charge is -2.28. The Morgan fingerprint density at radius 3 is 2.83 bits per heavy atom. The van der Waals surface area contributed by atoms with Crippen molar-refractivity contribution in [2.24, 2.45) is 0 Å². The van der Waals surface area contributed by atoms with Crippen LogP contribution in [0.1, 0.15) is 17.7 Å². The zero-order valence-corrected chi connectivity index (χ0v) is 17.0. The molecule has 0 bridgehead atoms. The van der Waals surface area contributed by atoms with Crippen LogP contribution in [0.15, 0.2) is 24.5 Å². The number of pyridine rings is 1. The van der Waals surface area contributed by atoms with Crippen molar-refractivity contribution < 1.29 is 9.47 Å². The van der Waals surface area contributed by atoms with E-state index >= 15 is 0 Å². The standard InChI is InChI=1S/C21H28N6O2/c1-25-7-4-17(14-25)29-15-19-18-5-8-27(16-3-2-6-22-13-16)20(18)24-21(23-19)26-9-11-28-12-10-26/h2-3,6,13,17H,4-5,7-12,14-15H2,1H3. The molecule has 2 aromatic rings. The molecule has 0 aliphatic carbocycles. The van der Waals surface area contributed by atoms with Crippen molar-refractivity contribution in [3.63, 3.8) is 0 Å². The summed E-state index contributed by atoms with van der Waals surface area (Å²) in [5.41, 5.74) is 3.30. The molecule has 5 heterocycles. The first-order chi connectivity index (χ1) is 14.3. The van der Waals surface area contributed by atoms with Gasteiger partial charge in [-0.05, 0) is 32.0 Å². The quantitative estimate of drug-likeness (QED) is 0.756. The Morgan fingerprint density at radius 1 is 1.17 bits per heavy atom. The van der Waals surface area contributed by atoms with E-state index in [1.807, 2.05) is 12.3 Å². The highest BCUT2D eigenvalue weighted by Crippen LogP contribution is 2.35. The molecular formula is C21H28N6O2. The number of morpholine rings is 1. The molecule has 3 aliphatic heterocycles. The van der Waals surface area contributed by atoms with Crippen LogP contribution < -0.4 is 9.80 Å². The van der Waals surface area contributed by atoms with Gasteiger partial charge in [0.1, 0.15) is 5.82 Å². The maximum absolute atomic E-state index is 6.26. The number of likely N-dealkylation sites (tertiary alicyclic amines) is 1. The van der Waals surface area contributed by atoms with E-state index in [2.05, 4.69) is 32.8 Å². The highest BCUT2D eigenvalue weighted by Gasteiger charge is 2.29. The Labute approximate surface area is 171 Å². The third-order valence-electron chi connectivity index (χ3n) is 5.96. The fourth-order valence-electron chi connectivity index (χ4n) is 4.33. The average molecular weight is 396 g/mol. The minimum absolute atomic E-state index is 0.285. The van der Waals surface area contributed by atoms with Gasteiger partial charge in [-0.1, -0.05) is 0 Å². The van der Waals surface area contributed by atoms with Crippen molar-refractivity contribution in [3.05, 3.63) is 35.8 Å². The third-order valence-corrected chi connectivity index (χ3v) is 5.96. The molecule has 0 spiro atoms. The number of aromatic nitrogens is 3. The van der Waals surface area contributed by atoms with Gasteiger partial charge in [0.2, 0.25) is 5.95 Å². The number of ether oxygens (including phenoxy) is 2. The van der Waals surface area contributed by atoms with E-state index in [9.17, 15) is 0 Å². The Bertz CT molecular complexity index is 843. The van der Waals surface area contributed by atoms with Gasteiger partial charge < -0.3 is 24.2 Å². The van der Waals surface area contributed by atoms with E-state index in [0.717, 1.165) is 68.7 Å². The SMILES string of the molecule is CN1CCC(OCc2nc(N3CCOCC3)nc3c2CCN3c2cccnc2)C1. The summed E-state index contributed by atoms with van der Waals surface area (Å²) in [6.07, 6.45) is 6.00. The van der Waals surface area contributed by atoms with Crippen LogP contribution in [0.5, 0.6) is 0 Å². The van der Waals surface area contributed by atoms with E-state index < -0.39 is 0 Å². The first-order valence-electron chi connectivity index (χ1n) is 10.5. The molecule has 5 rings (SSSR count). The van der Waals surface area contributed by atoms with Gasteiger partial charge in [-0.3, -0.25) is 4.98 Å². The molecule has 8 heteroatoms. The Kier molecular flexibility index (Phi) is 5.30. The van der Waals surface area contributed by atoms with Gasteiger partial charge in [0, 0.05) is 44.5 Å². The fraction of sp³-hybridized carbons (Fsp3) is 0.571. The van der Waals surface area contributed by atoms with Crippen LogP contribution in [0, 0.1) is 0 Å². The first kappa shape index (κ1) is 18.7. The average Bonchev–Trinajstić information content (AvgIpc) is 3.39. The van der Waals surface area contributed by atoms with Crippen LogP contribution in [0.3, 0.4) is 0 Å². The minimum atomic E-state index is 0.285. The van der Waals surface area contributed by atoms with Crippen molar-refractivity contribution >= 4 is 17.5 Å². The van der Waals surface area contributed by atoms with Crippen molar-refractivity contribution in [1.29, 1.82) is 0 Å². The molecule has 8 nitrogen and oxygen atoms in total. The van der Waals surface area contributed by atoms with Gasteiger partial charge in [-0.25, -0.2) is 4.98 Å². The lowest BCUT2D eigenvalue weighted by molar-refractivity contribution is 0.0460. The fourth-order valence-corrected chi connectivity index (χ4v) is 4.33. The predicted octanol–water partition coefficient (Wildman–Crippen LogP) is 1.62. The molecule has 0 aromatic carbocycles. The molecule has 0 N–H and O–H groups in total. The summed E-state index contributed by atoms with van der Waals surface area (Å²) < 4.78 is 11.8. The number of hydrogen-bond acceptors (Lipinski definition) is 8. The normalized spacial score (nSPS) is 22.3. The highest BCUT2D eigenvalue weighted by molar-refractivity contribution is 5.67.